The van der Waals surface area contributed by atoms with Crippen molar-refractivity contribution in [2.45, 2.75) is 36.7 Å². The molecule has 2 atom stereocenters. The Hall–Kier alpha value is -3.14. The predicted octanol–water partition coefficient (Wildman–Crippen LogP) is 1.37. The molecule has 0 aliphatic carbocycles. The van der Waals surface area contributed by atoms with Gasteiger partial charge in [0.25, 0.3) is 11.8 Å². The number of nitrogens with zero attached hydrogens (tertiary/aromatic N) is 2. The van der Waals surface area contributed by atoms with Gasteiger partial charge in [0.2, 0.25) is 19.8 Å². The minimum Gasteiger partial charge on any atom is -0.387 e. The Morgan fingerprint density at radius 3 is 2.51 bits per heavy atom. The summed E-state index contributed by atoms with van der Waals surface area (Å²) in [6, 6.07) is 8.94. The summed E-state index contributed by atoms with van der Waals surface area (Å²) in [5.41, 5.74) is -1.36. The number of hydrogen-bond donors (Lipinski definition) is 1. The lowest BCUT2D eigenvalue weighted by Gasteiger charge is -2.42. The van der Waals surface area contributed by atoms with E-state index in [4.69, 9.17) is 35.3 Å². The number of nitrogens with one attached hydrogen (secondary N) is 1. The number of imide groups is 1. The van der Waals surface area contributed by atoms with Crippen molar-refractivity contribution in [1.82, 2.24) is 15.0 Å². The monoisotopic (exact) mass is 491 g/mol. The minimum atomic E-state index is -3.89. The molecule has 1 N–H and O–H groups in total. The first-order valence-corrected chi connectivity index (χ1v) is 10.8. The van der Waals surface area contributed by atoms with E-state index in [2.05, 4.69) is 5.32 Å². The highest BCUT2D eigenvalue weighted by molar-refractivity contribution is 6.36. The quantitative estimate of drug-likeness (QED) is 0.506. The van der Waals surface area contributed by atoms with Gasteiger partial charge in [-0.15, -0.1) is 0 Å². The standard InChI is InChI=1S/C22H15B3ClF2N3O4/c23-16-8-21(24,19(34)29-17(16)32)30-10-12-7-11(1-6-15(12)18(30)33)9-31(25)20(35)22(27,28)13-2-4-14(26)5-3-13/h1-7,16H,8-10H2,(H,29,32,34)/t16?,21-/m1/s1. The Labute approximate surface area is 208 Å². The van der Waals surface area contributed by atoms with Gasteiger partial charge in [-0.3, -0.25) is 24.5 Å². The van der Waals surface area contributed by atoms with Crippen LogP contribution in [-0.4, -0.2) is 62.5 Å². The van der Waals surface area contributed by atoms with Crippen LogP contribution < -0.4 is 5.32 Å². The summed E-state index contributed by atoms with van der Waals surface area (Å²) in [5.74, 6) is -8.69. The number of alkyl halides is 2. The Morgan fingerprint density at radius 1 is 1.20 bits per heavy atom. The summed E-state index contributed by atoms with van der Waals surface area (Å²) in [6.45, 7) is -0.469. The average molecular weight is 491 g/mol. The van der Waals surface area contributed by atoms with E-state index in [1.54, 1.807) is 0 Å². The highest BCUT2D eigenvalue weighted by Crippen LogP contribution is 2.36. The van der Waals surface area contributed by atoms with Crippen LogP contribution in [0.2, 0.25) is 10.8 Å². The van der Waals surface area contributed by atoms with Crippen LogP contribution in [0.15, 0.2) is 42.5 Å². The zero-order chi connectivity index (χ0) is 25.7. The van der Waals surface area contributed by atoms with Crippen molar-refractivity contribution in [2.75, 3.05) is 0 Å². The molecule has 4 amide bonds. The van der Waals surface area contributed by atoms with E-state index >= 15 is 0 Å². The number of carbonyl (C=O) groups is 4. The van der Waals surface area contributed by atoms with Crippen LogP contribution in [0.1, 0.15) is 33.5 Å². The fourth-order valence-corrected chi connectivity index (χ4v) is 4.22. The maximum Gasteiger partial charge on any atom is 0.348 e. The number of halogens is 3. The molecule has 1 fully saturated rings. The van der Waals surface area contributed by atoms with Crippen LogP contribution in [0, 0.1) is 0 Å². The van der Waals surface area contributed by atoms with E-state index in [0.717, 1.165) is 17.0 Å². The first kappa shape index (κ1) is 25.0. The molecular formula is C22H15B3ClF2N3O4. The SMILES string of the molecule is [B]C1C[C@@]([B])(N2Cc3cc(CN([B])C(=O)C(F)(F)c4ccc(Cl)cc4)ccc3C2=O)C(=O)NC1=O. The van der Waals surface area contributed by atoms with Gasteiger partial charge in [-0.2, -0.15) is 8.78 Å². The van der Waals surface area contributed by atoms with Crippen molar-refractivity contribution in [3.8, 4) is 0 Å². The Kier molecular flexibility index (Phi) is 6.29. The summed E-state index contributed by atoms with van der Waals surface area (Å²) in [5, 5.41) is 2.30. The third-order valence-corrected chi connectivity index (χ3v) is 6.29. The van der Waals surface area contributed by atoms with E-state index in [1.807, 2.05) is 0 Å². The zero-order valence-corrected chi connectivity index (χ0v) is 18.9. The van der Waals surface area contributed by atoms with Crippen molar-refractivity contribution in [3.63, 3.8) is 0 Å². The summed E-state index contributed by atoms with van der Waals surface area (Å²) < 4.78 is 29.3. The summed E-state index contributed by atoms with van der Waals surface area (Å²) in [6.07, 6.45) is -0.269. The van der Waals surface area contributed by atoms with E-state index < -0.39 is 46.4 Å². The number of rotatable bonds is 5. The third kappa shape index (κ3) is 4.35. The molecule has 0 saturated carbocycles. The largest absolute Gasteiger partial charge is 0.387 e. The van der Waals surface area contributed by atoms with E-state index in [-0.39, 0.29) is 30.1 Å². The molecule has 6 radical (unpaired) electrons. The maximum absolute atomic E-state index is 14.6. The lowest BCUT2D eigenvalue weighted by molar-refractivity contribution is -0.154. The Bertz CT molecular complexity index is 1250. The van der Waals surface area contributed by atoms with Crippen molar-refractivity contribution >= 4 is 58.9 Å². The molecular weight excluding hydrogens is 476 g/mol. The number of benzene rings is 2. The van der Waals surface area contributed by atoms with E-state index in [0.29, 0.717) is 15.9 Å². The van der Waals surface area contributed by atoms with Gasteiger partial charge >= 0.3 is 5.92 Å². The lowest BCUT2D eigenvalue weighted by atomic mass is 9.62. The zero-order valence-electron chi connectivity index (χ0n) is 18.1. The normalized spacial score (nSPS) is 22.1. The second-order valence-electron chi connectivity index (χ2n) is 8.45. The van der Waals surface area contributed by atoms with Crippen LogP contribution in [0.3, 0.4) is 0 Å². The molecule has 2 aromatic rings. The molecule has 2 aliphatic heterocycles. The fourth-order valence-electron chi connectivity index (χ4n) is 4.09. The van der Waals surface area contributed by atoms with Gasteiger partial charge in [-0.1, -0.05) is 35.9 Å². The van der Waals surface area contributed by atoms with Crippen LogP contribution in [-0.2, 0) is 33.4 Å². The first-order chi connectivity index (χ1) is 16.3. The fraction of sp³-hybridized carbons (Fsp3) is 0.273. The Morgan fingerprint density at radius 2 is 1.86 bits per heavy atom. The molecule has 2 aliphatic rings. The van der Waals surface area contributed by atoms with Crippen molar-refractivity contribution < 1.29 is 28.0 Å². The summed E-state index contributed by atoms with van der Waals surface area (Å²) >= 11 is 5.71. The van der Waals surface area contributed by atoms with Gasteiger partial charge in [0.15, 0.2) is 0 Å². The van der Waals surface area contributed by atoms with E-state index in [9.17, 15) is 28.0 Å². The van der Waals surface area contributed by atoms with Crippen LogP contribution >= 0.6 is 11.6 Å². The number of amides is 4. The lowest BCUT2D eigenvalue weighted by Crippen LogP contribution is -2.64. The smallest absolute Gasteiger partial charge is 0.348 e. The van der Waals surface area contributed by atoms with Crippen LogP contribution in [0.4, 0.5) is 8.78 Å². The van der Waals surface area contributed by atoms with Gasteiger partial charge in [0, 0.05) is 35.1 Å². The molecule has 4 rings (SSSR count). The predicted molar refractivity (Wildman–Crippen MR) is 124 cm³/mol. The topological polar surface area (TPSA) is 86.8 Å². The van der Waals surface area contributed by atoms with Gasteiger partial charge in [-0.05, 0) is 35.7 Å². The number of carbonyl (C=O) groups excluding carboxylic acids is 4. The van der Waals surface area contributed by atoms with Crippen molar-refractivity contribution in [2.24, 2.45) is 0 Å². The minimum absolute atomic E-state index is 0.0910. The van der Waals surface area contributed by atoms with Crippen molar-refractivity contribution in [3.05, 3.63) is 69.7 Å². The Balaban J connectivity index is 1.51. The highest BCUT2D eigenvalue weighted by atomic mass is 35.5. The van der Waals surface area contributed by atoms with Crippen molar-refractivity contribution in [1.29, 1.82) is 0 Å². The van der Waals surface area contributed by atoms with Crippen LogP contribution in [0.25, 0.3) is 0 Å². The summed E-state index contributed by atoms with van der Waals surface area (Å²) in [4.78, 5) is 50.9. The van der Waals surface area contributed by atoms with Gasteiger partial charge in [0.05, 0.1) is 13.3 Å². The van der Waals surface area contributed by atoms with Gasteiger partial charge in [-0.25, -0.2) is 0 Å². The highest BCUT2D eigenvalue weighted by Gasteiger charge is 2.49. The molecule has 2 aromatic carbocycles. The molecule has 2 heterocycles. The molecule has 7 nitrogen and oxygen atoms in total. The maximum atomic E-state index is 14.6. The number of fused-ring (bicyclic) bond motifs is 1. The molecule has 0 spiro atoms. The van der Waals surface area contributed by atoms with Gasteiger partial charge in [0.1, 0.15) is 7.85 Å². The molecule has 1 unspecified atom stereocenters. The summed E-state index contributed by atoms with van der Waals surface area (Å²) in [7, 11) is 17.6. The van der Waals surface area contributed by atoms with E-state index in [1.165, 1.54) is 30.3 Å². The average Bonchev–Trinajstić information content (AvgIpc) is 3.14. The molecule has 0 bridgehead atoms. The van der Waals surface area contributed by atoms with Crippen LogP contribution in [0.5, 0.6) is 0 Å². The molecule has 13 heteroatoms. The number of piperidine rings is 1. The van der Waals surface area contributed by atoms with Gasteiger partial charge < -0.3 is 9.71 Å². The molecule has 35 heavy (non-hydrogen) atoms. The molecule has 0 aromatic heterocycles. The first-order valence-electron chi connectivity index (χ1n) is 10.4. The molecule has 1 saturated heterocycles. The number of hydrogen-bond acceptors (Lipinski definition) is 4. The molecule has 172 valence electrons. The second kappa shape index (κ2) is 8.82. The second-order valence-corrected chi connectivity index (χ2v) is 8.89. The third-order valence-electron chi connectivity index (χ3n) is 6.04.